The molecule has 0 aliphatic rings. The van der Waals surface area contributed by atoms with Gasteiger partial charge in [0.25, 0.3) is 0 Å². The third-order valence-electron chi connectivity index (χ3n) is 0.316. The van der Waals surface area contributed by atoms with Gasteiger partial charge in [0.05, 0.1) is 0 Å². The quantitative estimate of drug-likeness (QED) is 0.381. The molecule has 0 spiro atoms. The Kier molecular flexibility index (Phi) is 13.1. The molecule has 0 bridgehead atoms. The van der Waals surface area contributed by atoms with Gasteiger partial charge in [0, 0.05) is 0 Å². The summed E-state index contributed by atoms with van der Waals surface area (Å²) in [5.74, 6) is -2.62. The topological polar surface area (TPSA) is 155 Å². The van der Waals surface area contributed by atoms with Crippen molar-refractivity contribution in [2.45, 2.75) is 0 Å². The SMILES string of the molecule is O=S(=O)([O-])CO.O=S(=O)([O-])CO.[Ba+2]. The maximum Gasteiger partial charge on any atom is 2.00 e. The summed E-state index contributed by atoms with van der Waals surface area (Å²) in [6.45, 7) is 0. The molecule has 0 aromatic rings. The van der Waals surface area contributed by atoms with Crippen molar-refractivity contribution in [3.8, 4) is 0 Å². The second kappa shape index (κ2) is 8.61. The van der Waals surface area contributed by atoms with Gasteiger partial charge in [-0.25, -0.2) is 16.8 Å². The van der Waals surface area contributed by atoms with Crippen molar-refractivity contribution in [1.29, 1.82) is 0 Å². The van der Waals surface area contributed by atoms with Crippen LogP contribution in [0.3, 0.4) is 0 Å². The first-order chi connectivity index (χ1) is 5.12. The van der Waals surface area contributed by atoms with Crippen molar-refractivity contribution in [1.82, 2.24) is 0 Å². The molecule has 76 valence electrons. The Labute approximate surface area is 116 Å². The minimum atomic E-state index is -4.36. The fourth-order valence-electron chi connectivity index (χ4n) is 0. The van der Waals surface area contributed by atoms with Gasteiger partial charge in [-0.1, -0.05) is 0 Å². The molecule has 2 N–H and O–H groups in total. The smallest absolute Gasteiger partial charge is 0.746 e. The summed E-state index contributed by atoms with van der Waals surface area (Å²) in [5.41, 5.74) is 0. The van der Waals surface area contributed by atoms with Gasteiger partial charge in [-0.2, -0.15) is 0 Å². The average molecular weight is 360 g/mol. The standard InChI is InChI=1S/2CH4O4S.Ba/c2*2-1-6(3,4)5;/h2*2H,1H2,(H,3,4,5);/q;;+2/p-2. The largest absolute Gasteiger partial charge is 2.00 e. The van der Waals surface area contributed by atoms with Crippen molar-refractivity contribution in [3.63, 3.8) is 0 Å². The summed E-state index contributed by atoms with van der Waals surface area (Å²) >= 11 is 0. The molecule has 0 heterocycles. The van der Waals surface area contributed by atoms with Crippen LogP contribution in [0.4, 0.5) is 0 Å². The van der Waals surface area contributed by atoms with Gasteiger partial charge in [-0.05, 0) is 0 Å². The van der Waals surface area contributed by atoms with Gasteiger partial charge < -0.3 is 19.3 Å². The Morgan fingerprint density at radius 3 is 0.923 bits per heavy atom. The summed E-state index contributed by atoms with van der Waals surface area (Å²) < 4.78 is 55.2. The van der Waals surface area contributed by atoms with Crippen LogP contribution in [0, 0.1) is 0 Å². The Balaban J connectivity index is -0.000000143. The molecule has 0 amide bonds. The van der Waals surface area contributed by atoms with Crippen LogP contribution >= 0.6 is 0 Å². The first kappa shape index (κ1) is 19.8. The van der Waals surface area contributed by atoms with Crippen LogP contribution in [0.5, 0.6) is 0 Å². The number of hydrogen-bond acceptors (Lipinski definition) is 8. The first-order valence-electron chi connectivity index (χ1n) is 2.21. The van der Waals surface area contributed by atoms with E-state index in [1.807, 2.05) is 0 Å². The Morgan fingerprint density at radius 2 is 0.923 bits per heavy atom. The molecule has 0 atom stereocenters. The van der Waals surface area contributed by atoms with E-state index in [0.717, 1.165) is 0 Å². The maximum absolute atomic E-state index is 9.19. The van der Waals surface area contributed by atoms with Crippen molar-refractivity contribution in [2.24, 2.45) is 0 Å². The molecule has 0 aromatic carbocycles. The minimum absolute atomic E-state index is 0. The van der Waals surface area contributed by atoms with E-state index in [-0.39, 0.29) is 48.9 Å². The van der Waals surface area contributed by atoms with Gasteiger partial charge in [0.15, 0.2) is 0 Å². The summed E-state index contributed by atoms with van der Waals surface area (Å²) in [5, 5.41) is 15.0. The summed E-state index contributed by atoms with van der Waals surface area (Å²) in [6, 6.07) is 0. The van der Waals surface area contributed by atoms with Crippen LogP contribution in [-0.2, 0) is 20.2 Å². The van der Waals surface area contributed by atoms with Gasteiger partial charge in [0.2, 0.25) is 0 Å². The molecule has 0 aromatic heterocycles. The molecule has 0 aliphatic carbocycles. The molecular weight excluding hydrogens is 353 g/mol. The summed E-state index contributed by atoms with van der Waals surface area (Å²) in [4.78, 5) is 0. The zero-order valence-corrected chi connectivity index (χ0v) is 12.4. The van der Waals surface area contributed by atoms with E-state index < -0.39 is 32.1 Å². The summed E-state index contributed by atoms with van der Waals surface area (Å²) in [6.07, 6.45) is 0. The average Bonchev–Trinajstić information content (AvgIpc) is 1.86. The fourth-order valence-corrected chi connectivity index (χ4v) is 0. The Morgan fingerprint density at radius 1 is 0.846 bits per heavy atom. The van der Waals surface area contributed by atoms with Crippen molar-refractivity contribution >= 4 is 69.1 Å². The fraction of sp³-hybridized carbons (Fsp3) is 1.00. The Hall–Kier alpha value is 1.31. The molecule has 0 unspecified atom stereocenters. The van der Waals surface area contributed by atoms with Gasteiger partial charge >= 0.3 is 48.9 Å². The maximum atomic E-state index is 9.19. The van der Waals surface area contributed by atoms with Crippen LogP contribution in [0.15, 0.2) is 0 Å². The Bertz CT molecular complexity index is 256. The number of aliphatic hydroxyl groups is 2. The second-order valence-electron chi connectivity index (χ2n) is 1.37. The first-order valence-corrected chi connectivity index (χ1v) is 5.36. The molecule has 13 heavy (non-hydrogen) atoms. The van der Waals surface area contributed by atoms with Gasteiger partial charge in [-0.3, -0.25) is 0 Å². The predicted octanol–water partition coefficient (Wildman–Crippen LogP) is -3.42. The zero-order chi connectivity index (χ0) is 10.4. The number of aliphatic hydroxyl groups excluding tert-OH is 2. The molecule has 0 aliphatic heterocycles. The van der Waals surface area contributed by atoms with E-state index in [1.165, 1.54) is 0 Å². The number of hydrogen-bond donors (Lipinski definition) is 2. The van der Waals surface area contributed by atoms with E-state index in [4.69, 9.17) is 10.2 Å². The van der Waals surface area contributed by atoms with Crippen molar-refractivity contribution in [2.75, 3.05) is 11.9 Å². The predicted molar refractivity (Wildman–Crippen MR) is 39.3 cm³/mol. The van der Waals surface area contributed by atoms with Crippen LogP contribution in [-0.4, -0.2) is 96.9 Å². The second-order valence-corrected chi connectivity index (χ2v) is 4.12. The molecule has 0 saturated carbocycles. The van der Waals surface area contributed by atoms with E-state index >= 15 is 0 Å². The van der Waals surface area contributed by atoms with E-state index in [1.54, 1.807) is 0 Å². The van der Waals surface area contributed by atoms with Crippen LogP contribution in [0.1, 0.15) is 0 Å². The molecule has 0 fully saturated rings. The zero-order valence-electron chi connectivity index (χ0n) is 6.28. The van der Waals surface area contributed by atoms with Crippen LogP contribution in [0.2, 0.25) is 0 Å². The molecule has 0 rings (SSSR count). The van der Waals surface area contributed by atoms with Gasteiger partial charge in [0.1, 0.15) is 32.1 Å². The van der Waals surface area contributed by atoms with Crippen molar-refractivity contribution in [3.05, 3.63) is 0 Å². The minimum Gasteiger partial charge on any atom is -0.746 e. The third kappa shape index (κ3) is 31.9. The summed E-state index contributed by atoms with van der Waals surface area (Å²) in [7, 11) is -8.71. The van der Waals surface area contributed by atoms with E-state index in [2.05, 4.69) is 0 Å². The van der Waals surface area contributed by atoms with E-state index in [9.17, 15) is 25.9 Å². The molecule has 8 nitrogen and oxygen atoms in total. The molecule has 11 heteroatoms. The van der Waals surface area contributed by atoms with E-state index in [0.29, 0.717) is 0 Å². The number of rotatable bonds is 2. The van der Waals surface area contributed by atoms with Crippen molar-refractivity contribution < 1.29 is 36.2 Å². The molecule has 0 radical (unpaired) electrons. The van der Waals surface area contributed by atoms with Gasteiger partial charge in [-0.15, -0.1) is 0 Å². The monoisotopic (exact) mass is 360 g/mol. The molecular formula is C2H6BaO8S2. The van der Waals surface area contributed by atoms with Crippen LogP contribution in [0.25, 0.3) is 0 Å². The molecule has 0 saturated heterocycles. The normalized spacial score (nSPS) is 10.8. The third-order valence-corrected chi connectivity index (χ3v) is 0.949. The van der Waals surface area contributed by atoms with Crippen LogP contribution < -0.4 is 0 Å².